The van der Waals surface area contributed by atoms with Crippen LogP contribution in [0.5, 0.6) is 0 Å². The topological polar surface area (TPSA) is 78.5 Å². The van der Waals surface area contributed by atoms with Gasteiger partial charge in [0.05, 0.1) is 5.02 Å². The Kier molecular flexibility index (Phi) is 8.85. The molecule has 142 valence electrons. The molecule has 0 aromatic heterocycles. The molecule has 0 fully saturated rings. The molecule has 0 aliphatic rings. The van der Waals surface area contributed by atoms with Crippen LogP contribution in [-0.4, -0.2) is 50.9 Å². The van der Waals surface area contributed by atoms with Crippen molar-refractivity contribution in [3.8, 4) is 0 Å². The van der Waals surface area contributed by atoms with Crippen LogP contribution in [0.2, 0.25) is 5.02 Å². The first kappa shape index (κ1) is 21.9. The molecule has 25 heavy (non-hydrogen) atoms. The first-order chi connectivity index (χ1) is 11.6. The van der Waals surface area contributed by atoms with Crippen molar-refractivity contribution in [1.29, 1.82) is 0 Å². The van der Waals surface area contributed by atoms with Crippen molar-refractivity contribution in [2.24, 2.45) is 0 Å². The van der Waals surface area contributed by atoms with Gasteiger partial charge in [-0.3, -0.25) is 9.69 Å². The van der Waals surface area contributed by atoms with Crippen molar-refractivity contribution in [3.63, 3.8) is 0 Å². The molecule has 0 heterocycles. The Morgan fingerprint density at radius 1 is 1.12 bits per heavy atom. The number of carbonyl (C=O) groups is 1. The third-order valence-corrected chi connectivity index (χ3v) is 5.75. The molecule has 0 aliphatic carbocycles. The minimum absolute atomic E-state index is 0.0154. The Bertz CT molecular complexity index is 655. The maximum absolute atomic E-state index is 12.2. The Morgan fingerprint density at radius 3 is 2.28 bits per heavy atom. The van der Waals surface area contributed by atoms with Crippen LogP contribution in [0.15, 0.2) is 29.2 Å². The number of amides is 1. The summed E-state index contributed by atoms with van der Waals surface area (Å²) in [6, 6.07) is 7.00. The maximum Gasteiger partial charge on any atom is 0.242 e. The number of nitrogens with zero attached hydrogens (tertiary/aromatic N) is 1. The molecule has 0 spiro atoms. The van der Waals surface area contributed by atoms with E-state index in [0.29, 0.717) is 18.6 Å². The largest absolute Gasteiger partial charge is 0.355 e. The zero-order valence-electron chi connectivity index (χ0n) is 15.3. The fraction of sp³-hybridized carbons (Fsp3) is 0.588. The lowest BCUT2D eigenvalue weighted by Gasteiger charge is -2.30. The summed E-state index contributed by atoms with van der Waals surface area (Å²) in [5, 5.41) is 2.97. The van der Waals surface area contributed by atoms with Gasteiger partial charge < -0.3 is 5.32 Å². The second-order valence-electron chi connectivity index (χ2n) is 6.35. The fourth-order valence-corrected chi connectivity index (χ4v) is 4.11. The molecule has 0 aliphatic heterocycles. The van der Waals surface area contributed by atoms with Crippen molar-refractivity contribution in [2.75, 3.05) is 19.6 Å². The van der Waals surface area contributed by atoms with Crippen LogP contribution in [0.4, 0.5) is 0 Å². The average molecular weight is 390 g/mol. The standard InChI is InChI=1S/C17H28ClN3O3S/c1-13(2)21(14(3)4)12-11-19-17(22)9-10-20-25(23,24)16-8-6-5-7-15(16)18/h5-8,13-14,20H,9-12H2,1-4H3,(H,19,22). The summed E-state index contributed by atoms with van der Waals surface area (Å²) in [5.74, 6) is -0.186. The van der Waals surface area contributed by atoms with Gasteiger partial charge in [-0.2, -0.15) is 0 Å². The Labute approximate surface area is 156 Å². The number of nitrogens with one attached hydrogen (secondary N) is 2. The number of halogens is 1. The lowest BCUT2D eigenvalue weighted by molar-refractivity contribution is -0.121. The molecule has 0 atom stereocenters. The molecule has 0 saturated carbocycles. The van der Waals surface area contributed by atoms with E-state index in [4.69, 9.17) is 11.6 Å². The van der Waals surface area contributed by atoms with E-state index in [1.807, 2.05) is 0 Å². The van der Waals surface area contributed by atoms with Crippen molar-refractivity contribution >= 4 is 27.5 Å². The second kappa shape index (κ2) is 10.1. The molecule has 1 aromatic carbocycles. The number of rotatable bonds is 10. The maximum atomic E-state index is 12.2. The van der Waals surface area contributed by atoms with E-state index >= 15 is 0 Å². The SMILES string of the molecule is CC(C)N(CCNC(=O)CCNS(=O)(=O)c1ccccc1Cl)C(C)C. The monoisotopic (exact) mass is 389 g/mol. The van der Waals surface area contributed by atoms with E-state index in [0.717, 1.165) is 6.54 Å². The summed E-state index contributed by atoms with van der Waals surface area (Å²) in [5.41, 5.74) is 0. The first-order valence-electron chi connectivity index (χ1n) is 8.41. The molecular weight excluding hydrogens is 362 g/mol. The quantitative estimate of drug-likeness (QED) is 0.643. The first-order valence-corrected chi connectivity index (χ1v) is 10.3. The zero-order chi connectivity index (χ0) is 19.0. The van der Waals surface area contributed by atoms with Crippen LogP contribution in [0, 0.1) is 0 Å². The minimum Gasteiger partial charge on any atom is -0.355 e. The normalized spacial score (nSPS) is 12.2. The van der Waals surface area contributed by atoms with Crippen molar-refractivity contribution in [2.45, 2.75) is 51.1 Å². The summed E-state index contributed by atoms with van der Waals surface area (Å²) in [4.78, 5) is 14.2. The third kappa shape index (κ3) is 7.32. The van der Waals surface area contributed by atoms with Gasteiger partial charge >= 0.3 is 0 Å². The van der Waals surface area contributed by atoms with Crippen LogP contribution in [-0.2, 0) is 14.8 Å². The molecular formula is C17H28ClN3O3S. The van der Waals surface area contributed by atoms with Gasteiger partial charge in [0.25, 0.3) is 0 Å². The number of benzene rings is 1. The highest BCUT2D eigenvalue weighted by Gasteiger charge is 2.17. The van der Waals surface area contributed by atoms with Crippen molar-refractivity contribution in [1.82, 2.24) is 14.9 Å². The van der Waals surface area contributed by atoms with Crippen LogP contribution in [0.1, 0.15) is 34.1 Å². The Balaban J connectivity index is 2.39. The third-order valence-electron chi connectivity index (χ3n) is 3.79. The van der Waals surface area contributed by atoms with Crippen LogP contribution >= 0.6 is 11.6 Å². The summed E-state index contributed by atoms with van der Waals surface area (Å²) in [7, 11) is -3.71. The molecule has 6 nitrogen and oxygen atoms in total. The average Bonchev–Trinajstić information content (AvgIpc) is 2.50. The number of carbonyl (C=O) groups excluding carboxylic acids is 1. The molecule has 1 aromatic rings. The van der Waals surface area contributed by atoms with Gasteiger partial charge in [-0.25, -0.2) is 13.1 Å². The van der Waals surface area contributed by atoms with Crippen LogP contribution in [0.3, 0.4) is 0 Å². The van der Waals surface area contributed by atoms with Crippen molar-refractivity contribution in [3.05, 3.63) is 29.3 Å². The minimum atomic E-state index is -3.71. The summed E-state index contributed by atoms with van der Waals surface area (Å²) in [6.07, 6.45) is 0.0764. The highest BCUT2D eigenvalue weighted by atomic mass is 35.5. The molecule has 0 saturated heterocycles. The van der Waals surface area contributed by atoms with Gasteiger partial charge in [-0.05, 0) is 39.8 Å². The van der Waals surface area contributed by atoms with Gasteiger partial charge in [0.2, 0.25) is 15.9 Å². The molecule has 0 bridgehead atoms. The van der Waals surface area contributed by atoms with E-state index < -0.39 is 10.0 Å². The van der Waals surface area contributed by atoms with Gasteiger partial charge in [0.15, 0.2) is 0 Å². The molecule has 0 unspecified atom stereocenters. The molecule has 0 radical (unpaired) electrons. The lowest BCUT2D eigenvalue weighted by atomic mass is 10.2. The zero-order valence-corrected chi connectivity index (χ0v) is 16.8. The van der Waals surface area contributed by atoms with Gasteiger partial charge in [0, 0.05) is 38.1 Å². The molecule has 1 amide bonds. The van der Waals surface area contributed by atoms with E-state index in [1.54, 1.807) is 12.1 Å². The number of hydrogen-bond donors (Lipinski definition) is 2. The summed E-state index contributed by atoms with van der Waals surface area (Å²) >= 11 is 5.90. The van der Waals surface area contributed by atoms with Crippen molar-refractivity contribution < 1.29 is 13.2 Å². The summed E-state index contributed by atoms with van der Waals surface area (Å²) in [6.45, 7) is 9.78. The highest BCUT2D eigenvalue weighted by Crippen LogP contribution is 2.19. The van der Waals surface area contributed by atoms with E-state index in [-0.39, 0.29) is 28.8 Å². The predicted octanol–water partition coefficient (Wildman–Crippen LogP) is 2.24. The van der Waals surface area contributed by atoms with Crippen LogP contribution in [0.25, 0.3) is 0 Å². The number of hydrogen-bond acceptors (Lipinski definition) is 4. The van der Waals surface area contributed by atoms with Gasteiger partial charge in [0.1, 0.15) is 4.90 Å². The molecule has 1 rings (SSSR count). The van der Waals surface area contributed by atoms with Crippen LogP contribution < -0.4 is 10.0 Å². The van der Waals surface area contributed by atoms with E-state index in [2.05, 4.69) is 42.6 Å². The second-order valence-corrected chi connectivity index (χ2v) is 8.50. The van der Waals surface area contributed by atoms with E-state index in [9.17, 15) is 13.2 Å². The Hall–Kier alpha value is -1.15. The Morgan fingerprint density at radius 2 is 1.72 bits per heavy atom. The lowest BCUT2D eigenvalue weighted by Crippen LogP contribution is -2.42. The van der Waals surface area contributed by atoms with Gasteiger partial charge in [-0.15, -0.1) is 0 Å². The molecule has 8 heteroatoms. The fourth-order valence-electron chi connectivity index (χ4n) is 2.56. The van der Waals surface area contributed by atoms with Gasteiger partial charge in [-0.1, -0.05) is 23.7 Å². The number of sulfonamides is 1. The molecule has 2 N–H and O–H groups in total. The highest BCUT2D eigenvalue weighted by molar-refractivity contribution is 7.89. The predicted molar refractivity (Wildman–Crippen MR) is 101 cm³/mol. The summed E-state index contributed by atoms with van der Waals surface area (Å²) < 4.78 is 26.7. The smallest absolute Gasteiger partial charge is 0.242 e. The van der Waals surface area contributed by atoms with E-state index in [1.165, 1.54) is 12.1 Å².